The summed E-state index contributed by atoms with van der Waals surface area (Å²) in [6.45, 7) is 1.75. The first-order chi connectivity index (χ1) is 9.95. The Hall–Kier alpha value is -1.77. The van der Waals surface area contributed by atoms with E-state index in [9.17, 15) is 31.1 Å². The molecule has 1 rings (SSSR count). The molecule has 0 aromatic heterocycles. The lowest BCUT2D eigenvalue weighted by Gasteiger charge is -2.15. The van der Waals surface area contributed by atoms with Crippen molar-refractivity contribution in [1.29, 1.82) is 0 Å². The van der Waals surface area contributed by atoms with Gasteiger partial charge in [-0.3, -0.25) is 4.79 Å². The Morgan fingerprint density at radius 2 is 1.50 bits per heavy atom. The number of halogens is 6. The van der Waals surface area contributed by atoms with E-state index >= 15 is 0 Å². The summed E-state index contributed by atoms with van der Waals surface area (Å²) >= 11 is 0. The monoisotopic (exact) mass is 328 g/mol. The van der Waals surface area contributed by atoms with Crippen molar-refractivity contribution in [3.63, 3.8) is 0 Å². The molecule has 1 amide bonds. The molecule has 2 N–H and O–H groups in total. The summed E-state index contributed by atoms with van der Waals surface area (Å²) in [5.74, 6) is -1.00. The molecule has 0 spiro atoms. The number of carbonyl (C=O) groups excluding carboxylic acids is 1. The summed E-state index contributed by atoms with van der Waals surface area (Å²) < 4.78 is 76.0. The van der Waals surface area contributed by atoms with Gasteiger partial charge < -0.3 is 10.6 Å². The van der Waals surface area contributed by atoms with Gasteiger partial charge in [0.25, 0.3) is 5.91 Å². The molecule has 0 aliphatic heterocycles. The van der Waals surface area contributed by atoms with Crippen molar-refractivity contribution in [1.82, 2.24) is 10.6 Å². The molecule has 0 saturated carbocycles. The zero-order chi connectivity index (χ0) is 17.1. The molecule has 0 aliphatic rings. The van der Waals surface area contributed by atoms with Crippen LogP contribution >= 0.6 is 0 Å². The number of benzene rings is 1. The van der Waals surface area contributed by atoms with Crippen molar-refractivity contribution >= 4 is 5.91 Å². The molecule has 1 aromatic rings. The predicted molar refractivity (Wildman–Crippen MR) is 67.3 cm³/mol. The standard InChI is InChI=1S/C13H14F6N2O/c1-7(20-2)6-21-11(22)8-3-9(12(14,15)16)5-10(4-8)13(17,18)19/h3-5,7,20H,6H2,1-2H3,(H,21,22). The third-order valence-corrected chi connectivity index (χ3v) is 2.91. The van der Waals surface area contributed by atoms with E-state index in [1.807, 2.05) is 0 Å². The highest BCUT2D eigenvalue weighted by atomic mass is 19.4. The van der Waals surface area contributed by atoms with Crippen molar-refractivity contribution in [2.24, 2.45) is 0 Å². The van der Waals surface area contributed by atoms with Crippen molar-refractivity contribution < 1.29 is 31.1 Å². The highest BCUT2D eigenvalue weighted by molar-refractivity contribution is 5.94. The summed E-state index contributed by atoms with van der Waals surface area (Å²) in [6, 6.07) is 0.591. The second-order valence-electron chi connectivity index (χ2n) is 4.69. The van der Waals surface area contributed by atoms with Gasteiger partial charge in [-0.25, -0.2) is 0 Å². The lowest BCUT2D eigenvalue weighted by atomic mass is 10.0. The molecule has 9 heteroatoms. The Balaban J connectivity index is 3.16. The van der Waals surface area contributed by atoms with Gasteiger partial charge in [0, 0.05) is 18.2 Å². The Labute approximate surface area is 122 Å². The van der Waals surface area contributed by atoms with E-state index in [0.29, 0.717) is 12.1 Å². The molecule has 0 radical (unpaired) electrons. The Morgan fingerprint density at radius 3 is 1.86 bits per heavy atom. The molecule has 0 fully saturated rings. The van der Waals surface area contributed by atoms with Crippen LogP contribution in [0.4, 0.5) is 26.3 Å². The Bertz CT molecular complexity index is 506. The first kappa shape index (κ1) is 18.3. The topological polar surface area (TPSA) is 41.1 Å². The van der Waals surface area contributed by atoms with Crippen LogP contribution in [0.15, 0.2) is 18.2 Å². The fourth-order valence-corrected chi connectivity index (χ4v) is 1.54. The number of likely N-dealkylation sites (N-methyl/N-ethyl adjacent to an activating group) is 1. The summed E-state index contributed by atoms with van der Waals surface area (Å²) in [4.78, 5) is 11.7. The maximum Gasteiger partial charge on any atom is 0.416 e. The molecule has 1 aromatic carbocycles. The number of carbonyl (C=O) groups is 1. The van der Waals surface area contributed by atoms with Crippen LogP contribution in [0.1, 0.15) is 28.4 Å². The summed E-state index contributed by atoms with van der Waals surface area (Å²) in [6.07, 6.45) is -9.96. The average Bonchev–Trinajstić information content (AvgIpc) is 2.41. The van der Waals surface area contributed by atoms with Gasteiger partial charge in [0.05, 0.1) is 11.1 Å². The minimum absolute atomic E-state index is 0.0208. The van der Waals surface area contributed by atoms with Crippen LogP contribution in [0.25, 0.3) is 0 Å². The van der Waals surface area contributed by atoms with E-state index in [4.69, 9.17) is 0 Å². The second-order valence-corrected chi connectivity index (χ2v) is 4.69. The van der Waals surface area contributed by atoms with Gasteiger partial charge in [-0.2, -0.15) is 26.3 Å². The number of nitrogens with one attached hydrogen (secondary N) is 2. The van der Waals surface area contributed by atoms with Crippen molar-refractivity contribution in [3.05, 3.63) is 34.9 Å². The molecule has 1 unspecified atom stereocenters. The molecule has 124 valence electrons. The van der Waals surface area contributed by atoms with Crippen LogP contribution in [0.5, 0.6) is 0 Å². The Morgan fingerprint density at radius 1 is 1.05 bits per heavy atom. The van der Waals surface area contributed by atoms with E-state index in [1.54, 1.807) is 14.0 Å². The summed E-state index contributed by atoms with van der Waals surface area (Å²) in [7, 11) is 1.60. The second kappa shape index (κ2) is 6.55. The number of alkyl halides is 6. The number of hydrogen-bond acceptors (Lipinski definition) is 2. The van der Waals surface area contributed by atoms with Gasteiger partial charge in [0.15, 0.2) is 0 Å². The van der Waals surface area contributed by atoms with E-state index in [0.717, 1.165) is 0 Å². The highest BCUT2D eigenvalue weighted by Crippen LogP contribution is 2.36. The zero-order valence-corrected chi connectivity index (χ0v) is 11.7. The SMILES string of the molecule is CNC(C)CNC(=O)c1cc(C(F)(F)F)cc(C(F)(F)F)c1. The van der Waals surface area contributed by atoms with Crippen molar-refractivity contribution in [2.45, 2.75) is 25.3 Å². The fourth-order valence-electron chi connectivity index (χ4n) is 1.54. The van der Waals surface area contributed by atoms with Gasteiger partial charge in [0.1, 0.15) is 0 Å². The number of hydrogen-bond donors (Lipinski definition) is 2. The van der Waals surface area contributed by atoms with E-state index in [2.05, 4.69) is 10.6 Å². The van der Waals surface area contributed by atoms with Crippen molar-refractivity contribution in [3.8, 4) is 0 Å². The third-order valence-electron chi connectivity index (χ3n) is 2.91. The molecule has 0 bridgehead atoms. The molecular weight excluding hydrogens is 314 g/mol. The fraction of sp³-hybridized carbons (Fsp3) is 0.462. The molecular formula is C13H14F6N2O. The first-order valence-corrected chi connectivity index (χ1v) is 6.20. The normalized spacial score (nSPS) is 13.8. The minimum Gasteiger partial charge on any atom is -0.350 e. The predicted octanol–water partition coefficient (Wildman–Crippen LogP) is 3.06. The van der Waals surface area contributed by atoms with Gasteiger partial charge in [-0.1, -0.05) is 0 Å². The lowest BCUT2D eigenvalue weighted by Crippen LogP contribution is -2.37. The molecule has 3 nitrogen and oxygen atoms in total. The molecule has 0 saturated heterocycles. The number of amides is 1. The zero-order valence-electron chi connectivity index (χ0n) is 11.7. The van der Waals surface area contributed by atoms with Gasteiger partial charge in [0.2, 0.25) is 0 Å². The molecule has 22 heavy (non-hydrogen) atoms. The van der Waals surface area contributed by atoms with Crippen LogP contribution in [-0.2, 0) is 12.4 Å². The van der Waals surface area contributed by atoms with Crippen LogP contribution in [-0.4, -0.2) is 25.5 Å². The lowest BCUT2D eigenvalue weighted by molar-refractivity contribution is -0.143. The third kappa shape index (κ3) is 4.90. The smallest absolute Gasteiger partial charge is 0.350 e. The van der Waals surface area contributed by atoms with Gasteiger partial charge in [-0.15, -0.1) is 0 Å². The number of rotatable bonds is 4. The molecule has 0 heterocycles. The maximum absolute atomic E-state index is 12.7. The molecule has 0 aliphatic carbocycles. The van der Waals surface area contributed by atoms with E-state index < -0.39 is 35.0 Å². The van der Waals surface area contributed by atoms with Crippen LogP contribution in [0.2, 0.25) is 0 Å². The van der Waals surface area contributed by atoms with Crippen LogP contribution < -0.4 is 10.6 Å². The quantitative estimate of drug-likeness (QED) is 0.834. The average molecular weight is 328 g/mol. The van der Waals surface area contributed by atoms with E-state index in [1.165, 1.54) is 0 Å². The van der Waals surface area contributed by atoms with Crippen LogP contribution in [0.3, 0.4) is 0 Å². The van der Waals surface area contributed by atoms with Crippen LogP contribution in [0, 0.1) is 0 Å². The highest BCUT2D eigenvalue weighted by Gasteiger charge is 2.37. The largest absolute Gasteiger partial charge is 0.416 e. The van der Waals surface area contributed by atoms with Gasteiger partial charge in [-0.05, 0) is 32.2 Å². The van der Waals surface area contributed by atoms with E-state index in [-0.39, 0.29) is 18.7 Å². The summed E-state index contributed by atoms with van der Waals surface area (Å²) in [5.41, 5.74) is -3.73. The first-order valence-electron chi connectivity index (χ1n) is 6.20. The maximum atomic E-state index is 12.7. The minimum atomic E-state index is -4.98. The summed E-state index contributed by atoms with van der Waals surface area (Å²) in [5, 5.41) is 5.04. The Kier molecular flexibility index (Phi) is 5.44. The van der Waals surface area contributed by atoms with Gasteiger partial charge >= 0.3 is 12.4 Å². The molecule has 1 atom stereocenters. The van der Waals surface area contributed by atoms with Crippen molar-refractivity contribution in [2.75, 3.05) is 13.6 Å².